The van der Waals surface area contributed by atoms with Gasteiger partial charge in [0.05, 0.1) is 5.69 Å². The topological polar surface area (TPSA) is 95.1 Å². The molecule has 0 saturated heterocycles. The van der Waals surface area contributed by atoms with Gasteiger partial charge in [0.15, 0.2) is 0 Å². The van der Waals surface area contributed by atoms with Crippen LogP contribution in [0.25, 0.3) is 11.3 Å². The van der Waals surface area contributed by atoms with Crippen molar-refractivity contribution in [3.05, 3.63) is 46.8 Å². The summed E-state index contributed by atoms with van der Waals surface area (Å²) in [4.78, 5) is 22.9. The molecule has 1 saturated carbocycles. The van der Waals surface area contributed by atoms with Gasteiger partial charge in [-0.1, -0.05) is 12.1 Å². The van der Waals surface area contributed by atoms with Crippen molar-refractivity contribution < 1.29 is 18.7 Å². The molecule has 0 aliphatic heterocycles. The zero-order valence-electron chi connectivity index (χ0n) is 12.6. The maximum absolute atomic E-state index is 14.1. The minimum Gasteiger partial charge on any atom is -0.383 e. The van der Waals surface area contributed by atoms with Crippen molar-refractivity contribution in [1.82, 2.24) is 10.2 Å². The highest BCUT2D eigenvalue weighted by Crippen LogP contribution is 2.44. The molecule has 126 valence electrons. The monoisotopic (exact) mass is 335 g/mol. The van der Waals surface area contributed by atoms with Crippen LogP contribution in [0.4, 0.5) is 14.5 Å². The lowest BCUT2D eigenvalue weighted by atomic mass is 9.75. The van der Waals surface area contributed by atoms with Gasteiger partial charge in [0.1, 0.15) is 5.60 Å². The molecule has 1 aliphatic rings. The highest BCUT2D eigenvalue weighted by Gasteiger charge is 2.61. The first-order valence-electron chi connectivity index (χ1n) is 7.40. The number of rotatable bonds is 4. The lowest BCUT2D eigenvalue weighted by Gasteiger charge is -2.41. The smallest absolute Gasteiger partial charge is 0.352 e. The van der Waals surface area contributed by atoms with Gasteiger partial charge in [0, 0.05) is 17.3 Å². The predicted molar refractivity (Wildman–Crippen MR) is 82.7 cm³/mol. The molecule has 6 nitrogen and oxygen atoms in total. The van der Waals surface area contributed by atoms with E-state index in [1.54, 1.807) is 12.1 Å². The van der Waals surface area contributed by atoms with Gasteiger partial charge in [-0.05, 0) is 37.5 Å². The van der Waals surface area contributed by atoms with Crippen LogP contribution in [-0.4, -0.2) is 32.7 Å². The quantitative estimate of drug-likeness (QED) is 0.795. The molecular weight excluding hydrogens is 320 g/mol. The Hall–Kier alpha value is -2.61. The van der Waals surface area contributed by atoms with Crippen molar-refractivity contribution in [2.45, 2.75) is 30.8 Å². The van der Waals surface area contributed by atoms with Gasteiger partial charge < -0.3 is 10.4 Å². The third-order valence-electron chi connectivity index (χ3n) is 4.15. The van der Waals surface area contributed by atoms with Crippen LogP contribution in [-0.2, 0) is 4.79 Å². The fourth-order valence-corrected chi connectivity index (χ4v) is 2.51. The van der Waals surface area contributed by atoms with E-state index < -0.39 is 17.4 Å². The van der Waals surface area contributed by atoms with Crippen LogP contribution < -0.4 is 10.9 Å². The van der Waals surface area contributed by atoms with Crippen LogP contribution in [0.1, 0.15) is 19.3 Å². The average molecular weight is 335 g/mol. The molecule has 24 heavy (non-hydrogen) atoms. The number of benzene rings is 1. The van der Waals surface area contributed by atoms with E-state index in [4.69, 9.17) is 0 Å². The lowest BCUT2D eigenvalue weighted by molar-refractivity contribution is -0.212. The SMILES string of the molecule is O=C(Nc1cccc(-c2ccc(=O)[nH]n2)c1)C(F)(F)C1(O)CCC1. The molecule has 1 aromatic carbocycles. The number of carbonyl (C=O) groups is 1. The molecule has 3 rings (SSSR count). The zero-order valence-corrected chi connectivity index (χ0v) is 12.6. The van der Waals surface area contributed by atoms with Crippen molar-refractivity contribution in [1.29, 1.82) is 0 Å². The maximum Gasteiger partial charge on any atom is 0.352 e. The van der Waals surface area contributed by atoms with Crippen molar-refractivity contribution in [2.75, 3.05) is 5.32 Å². The average Bonchev–Trinajstić information content (AvgIpc) is 2.53. The number of hydrogen-bond donors (Lipinski definition) is 3. The lowest BCUT2D eigenvalue weighted by Crippen LogP contribution is -2.59. The number of alkyl halides is 2. The van der Waals surface area contributed by atoms with Crippen LogP contribution in [0.3, 0.4) is 0 Å². The fourth-order valence-electron chi connectivity index (χ4n) is 2.51. The number of aromatic nitrogens is 2. The van der Waals surface area contributed by atoms with E-state index in [2.05, 4.69) is 15.5 Å². The second-order valence-electron chi connectivity index (χ2n) is 5.80. The number of nitrogens with zero attached hydrogens (tertiary/aromatic N) is 1. The van der Waals surface area contributed by atoms with Gasteiger partial charge in [-0.15, -0.1) is 0 Å². The first kappa shape index (κ1) is 16.3. The molecule has 2 aromatic rings. The molecule has 0 bridgehead atoms. The number of halogens is 2. The summed E-state index contributed by atoms with van der Waals surface area (Å²) in [7, 11) is 0. The number of aromatic amines is 1. The molecule has 0 unspecified atom stereocenters. The van der Waals surface area contributed by atoms with E-state index in [1.807, 2.05) is 0 Å². The van der Waals surface area contributed by atoms with Gasteiger partial charge in [-0.3, -0.25) is 9.59 Å². The number of H-pyrrole nitrogens is 1. The number of hydrogen-bond acceptors (Lipinski definition) is 4. The van der Waals surface area contributed by atoms with Gasteiger partial charge in [-0.2, -0.15) is 13.9 Å². The standard InChI is InChI=1S/C16H15F2N3O3/c17-16(18,15(24)7-2-8-15)14(23)19-11-4-1-3-10(9-11)12-5-6-13(22)21-20-12/h1,3-6,9,24H,2,7-8H2,(H,19,23)(H,21,22). The zero-order chi connectivity index (χ0) is 17.4. The molecule has 1 heterocycles. The van der Waals surface area contributed by atoms with Crippen LogP contribution in [0.5, 0.6) is 0 Å². The molecule has 3 N–H and O–H groups in total. The number of amides is 1. The van der Waals surface area contributed by atoms with Gasteiger partial charge in [-0.25, -0.2) is 5.10 Å². The van der Waals surface area contributed by atoms with E-state index >= 15 is 0 Å². The van der Waals surface area contributed by atoms with Crippen LogP contribution in [0.15, 0.2) is 41.2 Å². The van der Waals surface area contributed by atoms with Gasteiger partial charge in [0.25, 0.3) is 11.5 Å². The molecule has 1 fully saturated rings. The normalized spacial score (nSPS) is 16.3. The summed E-state index contributed by atoms with van der Waals surface area (Å²) < 4.78 is 28.2. The highest BCUT2D eigenvalue weighted by molar-refractivity contribution is 5.97. The molecule has 1 aromatic heterocycles. The molecule has 8 heteroatoms. The van der Waals surface area contributed by atoms with E-state index in [0.29, 0.717) is 17.7 Å². The summed E-state index contributed by atoms with van der Waals surface area (Å²) >= 11 is 0. The fraction of sp³-hybridized carbons (Fsp3) is 0.312. The first-order chi connectivity index (χ1) is 11.3. The molecule has 1 amide bonds. The summed E-state index contributed by atoms with van der Waals surface area (Å²) in [5.74, 6) is -5.41. The largest absolute Gasteiger partial charge is 0.383 e. The predicted octanol–water partition coefficient (Wildman–Crippen LogP) is 1.93. The molecule has 1 aliphatic carbocycles. The Morgan fingerprint density at radius 1 is 1.29 bits per heavy atom. The Kier molecular flexibility index (Phi) is 3.92. The van der Waals surface area contributed by atoms with Crippen LogP contribution in [0.2, 0.25) is 0 Å². The summed E-state index contributed by atoms with van der Waals surface area (Å²) in [5.41, 5.74) is -1.52. The minimum atomic E-state index is -3.86. The molecule has 0 spiro atoms. The van der Waals surface area contributed by atoms with Crippen molar-refractivity contribution in [3.8, 4) is 11.3 Å². The maximum atomic E-state index is 14.1. The Bertz CT molecular complexity index is 811. The van der Waals surface area contributed by atoms with Crippen LogP contribution in [0, 0.1) is 0 Å². The number of carbonyl (C=O) groups excluding carboxylic acids is 1. The van der Waals surface area contributed by atoms with Gasteiger partial charge in [0.2, 0.25) is 0 Å². The Morgan fingerprint density at radius 2 is 2.04 bits per heavy atom. The number of aliphatic hydroxyl groups is 1. The van der Waals surface area contributed by atoms with Crippen molar-refractivity contribution in [3.63, 3.8) is 0 Å². The Balaban J connectivity index is 1.81. The Labute approximate surface area is 135 Å². The van der Waals surface area contributed by atoms with E-state index in [0.717, 1.165) is 0 Å². The second-order valence-corrected chi connectivity index (χ2v) is 5.80. The molecule has 0 radical (unpaired) electrons. The summed E-state index contributed by atoms with van der Waals surface area (Å²) in [6.07, 6.45) is 0.260. The van der Waals surface area contributed by atoms with E-state index in [9.17, 15) is 23.5 Å². The van der Waals surface area contributed by atoms with Gasteiger partial charge >= 0.3 is 5.92 Å². The Morgan fingerprint density at radius 3 is 2.62 bits per heavy atom. The number of anilines is 1. The first-order valence-corrected chi connectivity index (χ1v) is 7.40. The van der Waals surface area contributed by atoms with E-state index in [1.165, 1.54) is 24.3 Å². The minimum absolute atomic E-state index is 0.102. The third-order valence-corrected chi connectivity index (χ3v) is 4.15. The van der Waals surface area contributed by atoms with Crippen molar-refractivity contribution >= 4 is 11.6 Å². The van der Waals surface area contributed by atoms with E-state index in [-0.39, 0.29) is 24.1 Å². The summed E-state index contributed by atoms with van der Waals surface area (Å²) in [5, 5.41) is 18.0. The molecular formula is C16H15F2N3O3. The van der Waals surface area contributed by atoms with Crippen LogP contribution >= 0.6 is 0 Å². The highest BCUT2D eigenvalue weighted by atomic mass is 19.3. The van der Waals surface area contributed by atoms with Crippen molar-refractivity contribution in [2.24, 2.45) is 0 Å². The third kappa shape index (κ3) is 2.80. The summed E-state index contributed by atoms with van der Waals surface area (Å²) in [6.45, 7) is 0. The molecule has 0 atom stereocenters. The second kappa shape index (κ2) is 5.79. The number of nitrogens with one attached hydrogen (secondary N) is 2. The summed E-state index contributed by atoms with van der Waals surface area (Å²) in [6, 6.07) is 8.90.